The summed E-state index contributed by atoms with van der Waals surface area (Å²) >= 11 is 0. The monoisotopic (exact) mass is 252 g/mol. The van der Waals surface area contributed by atoms with Crippen LogP contribution in [0.15, 0.2) is 42.7 Å². The molecule has 0 saturated heterocycles. The Bertz CT molecular complexity index is 587. The number of nitriles is 1. The van der Waals surface area contributed by atoms with Crippen LogP contribution in [0.4, 0.5) is 17.1 Å². The van der Waals surface area contributed by atoms with Crippen LogP contribution in [0, 0.1) is 11.3 Å². The summed E-state index contributed by atoms with van der Waals surface area (Å²) < 4.78 is 0. The van der Waals surface area contributed by atoms with Gasteiger partial charge in [0.2, 0.25) is 0 Å². The fourth-order valence-electron chi connectivity index (χ4n) is 1.71. The molecule has 2 aromatic rings. The van der Waals surface area contributed by atoms with Crippen LogP contribution < -0.4 is 10.6 Å². The fraction of sp³-hybridized carbons (Fsp3) is 0.200. The van der Waals surface area contributed by atoms with Gasteiger partial charge in [0.1, 0.15) is 0 Å². The summed E-state index contributed by atoms with van der Waals surface area (Å²) in [7, 11) is 0. The summed E-state index contributed by atoms with van der Waals surface area (Å²) in [5.74, 6) is 0. The average molecular weight is 252 g/mol. The molecule has 19 heavy (non-hydrogen) atoms. The van der Waals surface area contributed by atoms with E-state index in [1.807, 2.05) is 24.3 Å². The molecular weight excluding hydrogens is 236 g/mol. The fourth-order valence-corrected chi connectivity index (χ4v) is 1.71. The van der Waals surface area contributed by atoms with Crippen LogP contribution >= 0.6 is 0 Å². The van der Waals surface area contributed by atoms with Gasteiger partial charge in [0, 0.05) is 12.2 Å². The van der Waals surface area contributed by atoms with E-state index in [1.165, 1.54) is 0 Å². The molecule has 0 unspecified atom stereocenters. The Morgan fingerprint density at radius 2 is 2.00 bits per heavy atom. The molecule has 4 heteroatoms. The topological polar surface area (TPSA) is 60.7 Å². The molecule has 0 saturated carbocycles. The van der Waals surface area contributed by atoms with E-state index >= 15 is 0 Å². The van der Waals surface area contributed by atoms with Crippen molar-refractivity contribution in [3.05, 3.63) is 48.3 Å². The van der Waals surface area contributed by atoms with Gasteiger partial charge in [0.15, 0.2) is 0 Å². The maximum atomic E-state index is 8.87. The zero-order valence-corrected chi connectivity index (χ0v) is 10.9. The van der Waals surface area contributed by atoms with E-state index in [4.69, 9.17) is 5.26 Å². The second-order valence-electron chi connectivity index (χ2n) is 4.21. The number of pyridine rings is 1. The maximum Gasteiger partial charge on any atom is 0.0992 e. The number of anilines is 3. The zero-order chi connectivity index (χ0) is 13.5. The molecule has 2 N–H and O–H groups in total. The van der Waals surface area contributed by atoms with Crippen molar-refractivity contribution in [3.63, 3.8) is 0 Å². The van der Waals surface area contributed by atoms with Crippen molar-refractivity contribution >= 4 is 17.1 Å². The van der Waals surface area contributed by atoms with Crippen molar-refractivity contribution in [2.75, 3.05) is 17.2 Å². The Hall–Kier alpha value is -2.54. The molecule has 1 aromatic heterocycles. The van der Waals surface area contributed by atoms with Crippen LogP contribution in [0.25, 0.3) is 0 Å². The van der Waals surface area contributed by atoms with Crippen LogP contribution in [0.1, 0.15) is 18.9 Å². The molecule has 1 aromatic carbocycles. The number of nitrogens with one attached hydrogen (secondary N) is 2. The second-order valence-corrected chi connectivity index (χ2v) is 4.21. The highest BCUT2D eigenvalue weighted by atomic mass is 14.9. The summed E-state index contributed by atoms with van der Waals surface area (Å²) in [6.45, 7) is 3.05. The molecule has 2 rings (SSSR count). The summed E-state index contributed by atoms with van der Waals surface area (Å²) in [6, 6.07) is 11.5. The van der Waals surface area contributed by atoms with Crippen molar-refractivity contribution in [1.29, 1.82) is 5.26 Å². The third kappa shape index (κ3) is 3.71. The molecule has 0 radical (unpaired) electrons. The highest BCUT2D eigenvalue weighted by molar-refractivity contribution is 5.64. The third-order valence-corrected chi connectivity index (χ3v) is 2.60. The highest BCUT2D eigenvalue weighted by Crippen LogP contribution is 2.19. The van der Waals surface area contributed by atoms with Gasteiger partial charge in [-0.2, -0.15) is 5.26 Å². The number of benzene rings is 1. The molecular formula is C15H16N4. The molecule has 4 nitrogen and oxygen atoms in total. The van der Waals surface area contributed by atoms with Gasteiger partial charge in [-0.05, 0) is 30.7 Å². The summed E-state index contributed by atoms with van der Waals surface area (Å²) in [5, 5.41) is 15.4. The van der Waals surface area contributed by atoms with Crippen LogP contribution in [0.2, 0.25) is 0 Å². The van der Waals surface area contributed by atoms with E-state index in [-0.39, 0.29) is 0 Å². The Morgan fingerprint density at radius 3 is 2.79 bits per heavy atom. The van der Waals surface area contributed by atoms with Gasteiger partial charge < -0.3 is 10.6 Å². The van der Waals surface area contributed by atoms with E-state index in [1.54, 1.807) is 18.5 Å². The molecule has 0 aliphatic rings. The van der Waals surface area contributed by atoms with Crippen molar-refractivity contribution in [2.45, 2.75) is 13.3 Å². The van der Waals surface area contributed by atoms with Crippen LogP contribution in [0.5, 0.6) is 0 Å². The van der Waals surface area contributed by atoms with E-state index in [2.05, 4.69) is 28.6 Å². The van der Waals surface area contributed by atoms with Gasteiger partial charge in [-0.1, -0.05) is 13.0 Å². The second kappa shape index (κ2) is 6.41. The summed E-state index contributed by atoms with van der Waals surface area (Å²) in [4.78, 5) is 4.19. The van der Waals surface area contributed by atoms with Gasteiger partial charge in [-0.25, -0.2) is 0 Å². The van der Waals surface area contributed by atoms with Gasteiger partial charge in [-0.15, -0.1) is 0 Å². The minimum atomic E-state index is 0.637. The van der Waals surface area contributed by atoms with E-state index in [9.17, 15) is 0 Å². The van der Waals surface area contributed by atoms with E-state index in [0.717, 1.165) is 30.0 Å². The molecule has 0 amide bonds. The van der Waals surface area contributed by atoms with Crippen LogP contribution in [0.3, 0.4) is 0 Å². The molecule has 0 fully saturated rings. The summed E-state index contributed by atoms with van der Waals surface area (Å²) in [5.41, 5.74) is 3.41. The average Bonchev–Trinajstić information content (AvgIpc) is 2.46. The lowest BCUT2D eigenvalue weighted by molar-refractivity contribution is 0.978. The normalized spacial score (nSPS) is 9.68. The van der Waals surface area contributed by atoms with Crippen molar-refractivity contribution in [2.24, 2.45) is 0 Å². The predicted molar refractivity (Wildman–Crippen MR) is 77.5 cm³/mol. The Labute approximate surface area is 113 Å². The van der Waals surface area contributed by atoms with E-state index < -0.39 is 0 Å². The standard InChI is InChI=1S/C15H16N4/c1-2-6-18-14-8-15(11-17-10-14)19-13-5-3-4-12(7-13)9-16/h3-5,7-8,10-11,18-19H,2,6H2,1H3. The highest BCUT2D eigenvalue weighted by Gasteiger charge is 1.98. The molecule has 0 bridgehead atoms. The van der Waals surface area contributed by atoms with E-state index in [0.29, 0.717) is 5.56 Å². The number of hydrogen-bond acceptors (Lipinski definition) is 4. The minimum Gasteiger partial charge on any atom is -0.384 e. The first-order valence-corrected chi connectivity index (χ1v) is 6.28. The number of aromatic nitrogens is 1. The van der Waals surface area contributed by atoms with Crippen molar-refractivity contribution in [3.8, 4) is 6.07 Å². The first-order valence-electron chi connectivity index (χ1n) is 6.28. The molecule has 0 spiro atoms. The smallest absolute Gasteiger partial charge is 0.0992 e. The van der Waals surface area contributed by atoms with Crippen molar-refractivity contribution in [1.82, 2.24) is 4.98 Å². The predicted octanol–water partition coefficient (Wildman–Crippen LogP) is 3.52. The molecule has 0 aliphatic carbocycles. The molecule has 1 heterocycles. The van der Waals surface area contributed by atoms with Gasteiger partial charge in [0.05, 0.1) is 35.4 Å². The molecule has 96 valence electrons. The number of nitrogens with zero attached hydrogens (tertiary/aromatic N) is 2. The minimum absolute atomic E-state index is 0.637. The third-order valence-electron chi connectivity index (χ3n) is 2.60. The zero-order valence-electron chi connectivity index (χ0n) is 10.9. The molecule has 0 atom stereocenters. The largest absolute Gasteiger partial charge is 0.384 e. The number of rotatable bonds is 5. The summed E-state index contributed by atoms with van der Waals surface area (Å²) in [6.07, 6.45) is 4.63. The van der Waals surface area contributed by atoms with Gasteiger partial charge in [0.25, 0.3) is 0 Å². The lowest BCUT2D eigenvalue weighted by atomic mass is 10.2. The Kier molecular flexibility index (Phi) is 4.35. The lowest BCUT2D eigenvalue weighted by Gasteiger charge is -2.09. The van der Waals surface area contributed by atoms with Gasteiger partial charge >= 0.3 is 0 Å². The number of hydrogen-bond donors (Lipinski definition) is 2. The van der Waals surface area contributed by atoms with Crippen LogP contribution in [-0.2, 0) is 0 Å². The molecule has 0 aliphatic heterocycles. The quantitative estimate of drug-likeness (QED) is 0.854. The maximum absolute atomic E-state index is 8.87. The lowest BCUT2D eigenvalue weighted by Crippen LogP contribution is -2.01. The Balaban J connectivity index is 2.12. The van der Waals surface area contributed by atoms with Gasteiger partial charge in [-0.3, -0.25) is 4.98 Å². The first kappa shape index (κ1) is 12.9. The SMILES string of the molecule is CCCNc1cncc(Nc2cccc(C#N)c2)c1. The Morgan fingerprint density at radius 1 is 1.16 bits per heavy atom. The first-order chi connectivity index (χ1) is 9.31. The van der Waals surface area contributed by atoms with Crippen LogP contribution in [-0.4, -0.2) is 11.5 Å². The van der Waals surface area contributed by atoms with Crippen molar-refractivity contribution < 1.29 is 0 Å².